The van der Waals surface area contributed by atoms with Crippen molar-refractivity contribution in [2.45, 2.75) is 20.4 Å². The van der Waals surface area contributed by atoms with Crippen LogP contribution in [-0.4, -0.2) is 31.4 Å². The second-order valence-corrected chi connectivity index (χ2v) is 5.85. The molecule has 2 aromatic carbocycles. The van der Waals surface area contributed by atoms with E-state index in [4.69, 9.17) is 0 Å². The second-order valence-electron chi connectivity index (χ2n) is 5.85. The van der Waals surface area contributed by atoms with Crippen LogP contribution in [0, 0.1) is 6.92 Å². The Balaban J connectivity index is 2.08. The van der Waals surface area contributed by atoms with E-state index in [2.05, 4.69) is 10.1 Å². The van der Waals surface area contributed by atoms with Crippen molar-refractivity contribution < 1.29 is 19.1 Å². The minimum atomic E-state index is -0.501. The normalized spacial score (nSPS) is 10.1. The third-order valence-electron chi connectivity index (χ3n) is 4.00. The number of nitrogens with one attached hydrogen (secondary N) is 1. The van der Waals surface area contributed by atoms with Crippen molar-refractivity contribution in [1.29, 1.82) is 0 Å². The minimum absolute atomic E-state index is 0.133. The van der Waals surface area contributed by atoms with Crippen molar-refractivity contribution in [2.24, 2.45) is 0 Å². The molecule has 136 valence electrons. The summed E-state index contributed by atoms with van der Waals surface area (Å²) in [5.41, 5.74) is 2.88. The summed E-state index contributed by atoms with van der Waals surface area (Å²) in [6.45, 7) is 3.60. The van der Waals surface area contributed by atoms with Gasteiger partial charge in [0.2, 0.25) is 11.8 Å². The highest BCUT2D eigenvalue weighted by molar-refractivity contribution is 5.99. The zero-order chi connectivity index (χ0) is 19.1. The molecule has 0 bridgehead atoms. The van der Waals surface area contributed by atoms with E-state index < -0.39 is 5.97 Å². The van der Waals surface area contributed by atoms with E-state index in [1.807, 2.05) is 31.2 Å². The maximum atomic E-state index is 12.3. The van der Waals surface area contributed by atoms with Crippen LogP contribution in [0.5, 0.6) is 0 Å². The van der Waals surface area contributed by atoms with Gasteiger partial charge in [-0.05, 0) is 36.2 Å². The van der Waals surface area contributed by atoms with E-state index in [0.717, 1.165) is 11.1 Å². The number of nitrogens with zero attached hydrogens (tertiary/aromatic N) is 1. The molecule has 0 spiro atoms. The van der Waals surface area contributed by atoms with Crippen LogP contribution in [0.2, 0.25) is 0 Å². The lowest BCUT2D eigenvalue weighted by atomic mass is 10.1. The van der Waals surface area contributed by atoms with Gasteiger partial charge in [0, 0.05) is 19.2 Å². The van der Waals surface area contributed by atoms with E-state index in [1.165, 1.54) is 25.0 Å². The van der Waals surface area contributed by atoms with Crippen molar-refractivity contribution >= 4 is 23.5 Å². The molecule has 0 aliphatic heterocycles. The molecular weight excluding hydrogens is 332 g/mol. The zero-order valence-corrected chi connectivity index (χ0v) is 15.1. The van der Waals surface area contributed by atoms with Crippen molar-refractivity contribution in [2.75, 3.05) is 18.6 Å². The van der Waals surface area contributed by atoms with Gasteiger partial charge in [-0.1, -0.05) is 30.3 Å². The van der Waals surface area contributed by atoms with Crippen LogP contribution in [0.15, 0.2) is 48.5 Å². The van der Waals surface area contributed by atoms with Crippen molar-refractivity contribution in [3.8, 4) is 0 Å². The number of rotatable bonds is 6. The highest BCUT2D eigenvalue weighted by Crippen LogP contribution is 2.17. The molecule has 0 aliphatic carbocycles. The molecule has 6 nitrogen and oxygen atoms in total. The molecule has 0 saturated heterocycles. The van der Waals surface area contributed by atoms with E-state index in [9.17, 15) is 14.4 Å². The number of esters is 1. The Morgan fingerprint density at radius 1 is 1.08 bits per heavy atom. The van der Waals surface area contributed by atoms with Crippen molar-refractivity contribution in [1.82, 2.24) is 5.32 Å². The number of ether oxygens (including phenoxy) is 1. The Bertz CT molecular complexity index is 817. The number of aryl methyl sites for hydroxylation is 1. The summed E-state index contributed by atoms with van der Waals surface area (Å²) in [4.78, 5) is 37.3. The topological polar surface area (TPSA) is 75.7 Å². The van der Waals surface area contributed by atoms with Gasteiger partial charge >= 0.3 is 5.97 Å². The van der Waals surface area contributed by atoms with Gasteiger partial charge in [0.1, 0.15) is 6.54 Å². The molecule has 0 radical (unpaired) electrons. The Hall–Kier alpha value is -3.15. The molecule has 0 heterocycles. The summed E-state index contributed by atoms with van der Waals surface area (Å²) >= 11 is 0. The number of anilines is 1. The zero-order valence-electron chi connectivity index (χ0n) is 15.1. The average molecular weight is 354 g/mol. The van der Waals surface area contributed by atoms with Crippen LogP contribution >= 0.6 is 0 Å². The van der Waals surface area contributed by atoms with Crippen LogP contribution in [0.4, 0.5) is 5.69 Å². The number of hydrogen-bond donors (Lipinski definition) is 1. The third-order valence-corrected chi connectivity index (χ3v) is 4.00. The summed E-state index contributed by atoms with van der Waals surface area (Å²) in [6.07, 6.45) is 0. The van der Waals surface area contributed by atoms with Gasteiger partial charge in [0.05, 0.1) is 12.7 Å². The van der Waals surface area contributed by atoms with Gasteiger partial charge in [0.15, 0.2) is 0 Å². The highest BCUT2D eigenvalue weighted by Gasteiger charge is 2.17. The molecule has 0 fully saturated rings. The number of hydrogen-bond acceptors (Lipinski definition) is 4. The van der Waals surface area contributed by atoms with Crippen LogP contribution in [0.25, 0.3) is 0 Å². The van der Waals surface area contributed by atoms with E-state index in [-0.39, 0.29) is 18.4 Å². The van der Waals surface area contributed by atoms with Gasteiger partial charge in [-0.2, -0.15) is 0 Å². The molecule has 2 amide bonds. The Morgan fingerprint density at radius 2 is 1.81 bits per heavy atom. The van der Waals surface area contributed by atoms with Gasteiger partial charge in [-0.3, -0.25) is 9.59 Å². The number of benzene rings is 2. The fourth-order valence-corrected chi connectivity index (χ4v) is 2.50. The van der Waals surface area contributed by atoms with Crippen LogP contribution in [0.3, 0.4) is 0 Å². The third kappa shape index (κ3) is 4.92. The summed E-state index contributed by atoms with van der Waals surface area (Å²) in [5.74, 6) is -1.08. The van der Waals surface area contributed by atoms with Gasteiger partial charge < -0.3 is 15.0 Å². The largest absolute Gasteiger partial charge is 0.465 e. The molecule has 2 aromatic rings. The fraction of sp³-hybridized carbons (Fsp3) is 0.250. The fourth-order valence-electron chi connectivity index (χ4n) is 2.50. The van der Waals surface area contributed by atoms with E-state index >= 15 is 0 Å². The maximum absolute atomic E-state index is 12.3. The molecule has 26 heavy (non-hydrogen) atoms. The monoisotopic (exact) mass is 354 g/mol. The Kier molecular flexibility index (Phi) is 6.49. The molecule has 0 aliphatic rings. The number of methoxy groups -OCH3 is 1. The summed E-state index contributed by atoms with van der Waals surface area (Å²) in [7, 11) is 1.29. The van der Waals surface area contributed by atoms with Gasteiger partial charge in [-0.25, -0.2) is 4.79 Å². The molecule has 1 N–H and O–H groups in total. The first kappa shape index (κ1) is 19.2. The van der Waals surface area contributed by atoms with Gasteiger partial charge in [0.25, 0.3) is 0 Å². The number of carbonyl (C=O) groups excluding carboxylic acids is 3. The standard InChI is InChI=1S/C20H22N2O4/c1-14-7-4-5-8-17(14)12-21-19(24)13-22(15(2)23)18-10-6-9-16(11-18)20(25)26-3/h4-11H,12-13H2,1-3H3,(H,21,24). The Morgan fingerprint density at radius 3 is 2.46 bits per heavy atom. The predicted octanol–water partition coefficient (Wildman–Crippen LogP) is 2.45. The van der Waals surface area contributed by atoms with E-state index in [0.29, 0.717) is 17.8 Å². The molecule has 2 rings (SSSR count). The molecule has 0 saturated carbocycles. The average Bonchev–Trinajstić information content (AvgIpc) is 2.64. The van der Waals surface area contributed by atoms with Crippen molar-refractivity contribution in [3.05, 3.63) is 65.2 Å². The highest BCUT2D eigenvalue weighted by atomic mass is 16.5. The molecular formula is C20H22N2O4. The quantitative estimate of drug-likeness (QED) is 0.809. The first-order valence-electron chi connectivity index (χ1n) is 8.20. The first-order valence-corrected chi connectivity index (χ1v) is 8.20. The van der Waals surface area contributed by atoms with Crippen LogP contribution < -0.4 is 10.2 Å². The van der Waals surface area contributed by atoms with E-state index in [1.54, 1.807) is 18.2 Å². The number of amides is 2. The minimum Gasteiger partial charge on any atom is -0.465 e. The maximum Gasteiger partial charge on any atom is 0.337 e. The predicted molar refractivity (Wildman–Crippen MR) is 98.8 cm³/mol. The molecule has 0 atom stereocenters. The van der Waals surface area contributed by atoms with Crippen LogP contribution in [0.1, 0.15) is 28.4 Å². The summed E-state index contributed by atoms with van der Waals surface area (Å²) < 4.78 is 4.69. The SMILES string of the molecule is COC(=O)c1cccc(N(CC(=O)NCc2ccccc2C)C(C)=O)c1. The van der Waals surface area contributed by atoms with Gasteiger partial charge in [-0.15, -0.1) is 0 Å². The van der Waals surface area contributed by atoms with Crippen LogP contribution in [-0.2, 0) is 20.9 Å². The van der Waals surface area contributed by atoms with Crippen molar-refractivity contribution in [3.63, 3.8) is 0 Å². The molecule has 0 aromatic heterocycles. The Labute approximate surface area is 152 Å². The summed E-state index contributed by atoms with van der Waals surface area (Å²) in [5, 5.41) is 2.82. The smallest absolute Gasteiger partial charge is 0.337 e. The number of carbonyl (C=O) groups is 3. The lowest BCUT2D eigenvalue weighted by Crippen LogP contribution is -2.39. The second kappa shape index (κ2) is 8.80. The molecule has 0 unspecified atom stereocenters. The lowest BCUT2D eigenvalue weighted by molar-refractivity contribution is -0.123. The first-order chi connectivity index (χ1) is 12.4. The summed E-state index contributed by atoms with van der Waals surface area (Å²) in [6, 6.07) is 14.2. The molecule has 6 heteroatoms. The lowest BCUT2D eigenvalue weighted by Gasteiger charge is -2.21.